The smallest absolute Gasteiger partial charge is 0.250 e. The maximum absolute atomic E-state index is 12.3. The van der Waals surface area contributed by atoms with Gasteiger partial charge in [0, 0.05) is 0 Å². The van der Waals surface area contributed by atoms with Gasteiger partial charge in [-0.25, -0.2) is 5.43 Å². The van der Waals surface area contributed by atoms with Crippen LogP contribution in [0.15, 0.2) is 90.6 Å². The second-order valence-electron chi connectivity index (χ2n) is 6.83. The largest absolute Gasteiger partial charge is 0.490 e. The molecular formula is C25H22N2O2S. The molecule has 1 aliphatic rings. The second-order valence-corrected chi connectivity index (χ2v) is 7.92. The van der Waals surface area contributed by atoms with E-state index >= 15 is 0 Å². The second kappa shape index (κ2) is 9.46. The highest BCUT2D eigenvalue weighted by atomic mass is 32.2. The SMILES string of the molecule is C=CCOc1ccc(/C=N\NC(=O)CSC2c3ccccc3-c3ccccc32)cc1. The van der Waals surface area contributed by atoms with Gasteiger partial charge in [-0.2, -0.15) is 5.10 Å². The minimum Gasteiger partial charge on any atom is -0.490 e. The van der Waals surface area contributed by atoms with Gasteiger partial charge in [0.05, 0.1) is 17.2 Å². The van der Waals surface area contributed by atoms with Crippen molar-refractivity contribution in [2.75, 3.05) is 12.4 Å². The average molecular weight is 415 g/mol. The lowest BCUT2D eigenvalue weighted by Crippen LogP contribution is -2.20. The number of thioether (sulfide) groups is 1. The first-order chi connectivity index (χ1) is 14.8. The van der Waals surface area contributed by atoms with Gasteiger partial charge >= 0.3 is 0 Å². The zero-order valence-electron chi connectivity index (χ0n) is 16.5. The number of carbonyl (C=O) groups excluding carboxylic acids is 1. The normalized spacial score (nSPS) is 12.4. The maximum Gasteiger partial charge on any atom is 0.250 e. The summed E-state index contributed by atoms with van der Waals surface area (Å²) in [6, 6.07) is 24.3. The van der Waals surface area contributed by atoms with E-state index in [9.17, 15) is 4.79 Å². The molecule has 1 aliphatic carbocycles. The number of amides is 1. The van der Waals surface area contributed by atoms with Gasteiger partial charge in [0.15, 0.2) is 0 Å². The average Bonchev–Trinajstić information content (AvgIpc) is 3.11. The number of ether oxygens (including phenoxy) is 1. The van der Waals surface area contributed by atoms with Crippen molar-refractivity contribution < 1.29 is 9.53 Å². The maximum atomic E-state index is 12.3. The summed E-state index contributed by atoms with van der Waals surface area (Å²) in [6.45, 7) is 4.09. The standard InChI is InChI=1S/C25H22N2O2S/c1-2-15-29-19-13-11-18(12-14-19)16-26-27-24(28)17-30-25-22-9-5-3-7-20(22)21-8-4-6-10-23(21)25/h2-14,16,25H,1,15,17H2,(H,27,28)/b26-16-. The van der Waals surface area contributed by atoms with Gasteiger partial charge in [0.1, 0.15) is 12.4 Å². The molecular weight excluding hydrogens is 392 g/mol. The molecule has 0 saturated carbocycles. The lowest BCUT2D eigenvalue weighted by atomic mass is 10.1. The van der Waals surface area contributed by atoms with Crippen LogP contribution in [0.25, 0.3) is 11.1 Å². The van der Waals surface area contributed by atoms with Crippen LogP contribution in [0.1, 0.15) is 21.9 Å². The molecule has 5 heteroatoms. The first-order valence-electron chi connectivity index (χ1n) is 9.72. The number of nitrogens with zero attached hydrogens (tertiary/aromatic N) is 1. The summed E-state index contributed by atoms with van der Waals surface area (Å²) in [4.78, 5) is 12.3. The number of fused-ring (bicyclic) bond motifs is 3. The summed E-state index contributed by atoms with van der Waals surface area (Å²) >= 11 is 1.62. The van der Waals surface area contributed by atoms with Crippen molar-refractivity contribution in [1.82, 2.24) is 5.43 Å². The van der Waals surface area contributed by atoms with Crippen molar-refractivity contribution >= 4 is 23.9 Å². The summed E-state index contributed by atoms with van der Waals surface area (Å²) in [5.74, 6) is 0.979. The molecule has 0 saturated heterocycles. The minimum atomic E-state index is -0.121. The van der Waals surface area contributed by atoms with Crippen LogP contribution in [0, 0.1) is 0 Å². The molecule has 0 aliphatic heterocycles. The van der Waals surface area contributed by atoms with Crippen molar-refractivity contribution in [3.05, 3.63) is 102 Å². The molecule has 1 amide bonds. The molecule has 3 aromatic carbocycles. The molecule has 4 nitrogen and oxygen atoms in total. The van der Waals surface area contributed by atoms with Gasteiger partial charge < -0.3 is 4.74 Å². The van der Waals surface area contributed by atoms with Crippen LogP contribution in [0.3, 0.4) is 0 Å². The molecule has 0 aromatic heterocycles. The van der Waals surface area contributed by atoms with Gasteiger partial charge in [-0.05, 0) is 52.1 Å². The molecule has 0 atom stereocenters. The van der Waals surface area contributed by atoms with E-state index in [1.807, 2.05) is 24.3 Å². The van der Waals surface area contributed by atoms with Crippen LogP contribution < -0.4 is 10.2 Å². The molecule has 30 heavy (non-hydrogen) atoms. The number of nitrogens with one attached hydrogen (secondary N) is 1. The third kappa shape index (κ3) is 4.47. The monoisotopic (exact) mass is 414 g/mol. The van der Waals surface area contributed by atoms with E-state index in [0.29, 0.717) is 12.4 Å². The van der Waals surface area contributed by atoms with E-state index in [-0.39, 0.29) is 11.2 Å². The Balaban J connectivity index is 1.33. The zero-order chi connectivity index (χ0) is 20.8. The fourth-order valence-corrected chi connectivity index (χ4v) is 4.62. The summed E-state index contributed by atoms with van der Waals surface area (Å²) in [5, 5.41) is 4.23. The van der Waals surface area contributed by atoms with E-state index < -0.39 is 0 Å². The van der Waals surface area contributed by atoms with E-state index in [0.717, 1.165) is 11.3 Å². The van der Waals surface area contributed by atoms with Gasteiger partial charge in [-0.15, -0.1) is 11.8 Å². The van der Waals surface area contributed by atoms with Crippen LogP contribution >= 0.6 is 11.8 Å². The predicted octanol–water partition coefficient (Wildman–Crippen LogP) is 5.20. The van der Waals surface area contributed by atoms with Crippen molar-refractivity contribution in [2.24, 2.45) is 5.10 Å². The van der Waals surface area contributed by atoms with E-state index in [1.165, 1.54) is 22.3 Å². The number of hydrazone groups is 1. The third-order valence-corrected chi connectivity index (χ3v) is 6.08. The topological polar surface area (TPSA) is 50.7 Å². The summed E-state index contributed by atoms with van der Waals surface area (Å²) in [6.07, 6.45) is 3.33. The van der Waals surface area contributed by atoms with Crippen LogP contribution in [0.2, 0.25) is 0 Å². The Kier molecular flexibility index (Phi) is 6.30. The van der Waals surface area contributed by atoms with Crippen molar-refractivity contribution in [3.8, 4) is 16.9 Å². The fourth-order valence-electron chi connectivity index (χ4n) is 3.46. The van der Waals surface area contributed by atoms with Gasteiger partial charge in [0.2, 0.25) is 5.91 Å². The first-order valence-corrected chi connectivity index (χ1v) is 10.8. The molecule has 1 N–H and O–H groups in total. The van der Waals surface area contributed by atoms with Crippen molar-refractivity contribution in [1.29, 1.82) is 0 Å². The molecule has 0 fully saturated rings. The van der Waals surface area contributed by atoms with Crippen molar-refractivity contribution in [3.63, 3.8) is 0 Å². The Morgan fingerprint density at radius 3 is 2.27 bits per heavy atom. The molecule has 150 valence electrons. The highest BCUT2D eigenvalue weighted by Gasteiger charge is 2.28. The number of rotatable bonds is 8. The first kappa shape index (κ1) is 20.0. The summed E-state index contributed by atoms with van der Waals surface area (Å²) in [7, 11) is 0. The van der Waals surface area contributed by atoms with Gasteiger partial charge in [0.25, 0.3) is 0 Å². The quantitative estimate of drug-likeness (QED) is 0.313. The summed E-state index contributed by atoms with van der Waals surface area (Å²) < 4.78 is 5.45. The lowest BCUT2D eigenvalue weighted by Gasteiger charge is -2.12. The number of hydrogen-bond donors (Lipinski definition) is 1. The van der Waals surface area contributed by atoms with E-state index in [4.69, 9.17) is 4.74 Å². The molecule has 0 heterocycles. The molecule has 0 unspecified atom stereocenters. The Labute approximate surface area is 180 Å². The van der Waals surface area contributed by atoms with E-state index in [1.54, 1.807) is 24.1 Å². The lowest BCUT2D eigenvalue weighted by molar-refractivity contribution is -0.118. The van der Waals surface area contributed by atoms with Crippen LogP contribution in [0.4, 0.5) is 0 Å². The Morgan fingerprint density at radius 2 is 1.63 bits per heavy atom. The highest BCUT2D eigenvalue weighted by Crippen LogP contribution is 2.49. The molecule has 0 radical (unpaired) electrons. The molecule has 0 bridgehead atoms. The van der Waals surface area contributed by atoms with Crippen LogP contribution in [-0.4, -0.2) is 24.5 Å². The van der Waals surface area contributed by atoms with Crippen molar-refractivity contribution in [2.45, 2.75) is 5.25 Å². The number of hydrogen-bond acceptors (Lipinski definition) is 4. The highest BCUT2D eigenvalue weighted by molar-refractivity contribution is 8.00. The Bertz CT molecular complexity index is 1030. The summed E-state index contributed by atoms with van der Waals surface area (Å²) in [5.41, 5.74) is 8.53. The van der Waals surface area contributed by atoms with Crippen LogP contribution in [0.5, 0.6) is 5.75 Å². The van der Waals surface area contributed by atoms with Gasteiger partial charge in [-0.3, -0.25) is 4.79 Å². The fraction of sp³-hybridized carbons (Fsp3) is 0.120. The van der Waals surface area contributed by atoms with Crippen LogP contribution in [-0.2, 0) is 4.79 Å². The number of benzene rings is 3. The molecule has 0 spiro atoms. The molecule has 3 aromatic rings. The van der Waals surface area contributed by atoms with E-state index in [2.05, 4.69) is 65.6 Å². The molecule has 4 rings (SSSR count). The minimum absolute atomic E-state index is 0.121. The number of carbonyl (C=O) groups is 1. The Morgan fingerprint density at radius 1 is 1.00 bits per heavy atom. The van der Waals surface area contributed by atoms with Gasteiger partial charge in [-0.1, -0.05) is 61.2 Å². The predicted molar refractivity (Wildman–Crippen MR) is 124 cm³/mol. The Hall–Kier alpha value is -3.31. The third-order valence-electron chi connectivity index (χ3n) is 4.81. The zero-order valence-corrected chi connectivity index (χ0v) is 17.3.